The predicted molar refractivity (Wildman–Crippen MR) is 123 cm³/mol. The van der Waals surface area contributed by atoms with Crippen LogP contribution < -0.4 is 0 Å². The van der Waals surface area contributed by atoms with Crippen molar-refractivity contribution < 1.29 is 22.4 Å². The summed E-state index contributed by atoms with van der Waals surface area (Å²) in [4.78, 5) is 14.9. The second kappa shape index (κ2) is 9.64. The first-order chi connectivity index (χ1) is 15.8. The lowest BCUT2D eigenvalue weighted by Gasteiger charge is -2.42. The maximum Gasteiger partial charge on any atom is 0.416 e. The van der Waals surface area contributed by atoms with Gasteiger partial charge in [0.2, 0.25) is 0 Å². The van der Waals surface area contributed by atoms with Crippen LogP contribution in [0.15, 0.2) is 60.7 Å². The van der Waals surface area contributed by atoms with E-state index in [2.05, 4.69) is 11.8 Å². The Balaban J connectivity index is 1.45. The molecule has 0 aromatic heterocycles. The van der Waals surface area contributed by atoms with Gasteiger partial charge >= 0.3 is 6.18 Å². The normalized spacial score (nSPS) is 16.0. The van der Waals surface area contributed by atoms with Crippen LogP contribution in [0.2, 0.25) is 0 Å². The number of Topliss-reactive ketones (excluding diaryl/α,β-unsaturated/α-hetero) is 1. The number of nitrogens with zero attached hydrogens (tertiary/aromatic N) is 1. The minimum Gasteiger partial charge on any atom is -0.300 e. The van der Waals surface area contributed by atoms with Gasteiger partial charge in [-0.15, -0.1) is 0 Å². The Kier molecular flexibility index (Phi) is 6.84. The lowest BCUT2D eigenvalue weighted by atomic mass is 9.83. The van der Waals surface area contributed by atoms with Crippen molar-refractivity contribution in [2.24, 2.45) is 11.8 Å². The van der Waals surface area contributed by atoms with Crippen molar-refractivity contribution in [3.8, 4) is 11.1 Å². The van der Waals surface area contributed by atoms with Crippen molar-refractivity contribution >= 4 is 16.6 Å². The highest BCUT2D eigenvalue weighted by Crippen LogP contribution is 2.34. The number of alkyl halides is 4. The quantitative estimate of drug-likeness (QED) is 0.267. The Morgan fingerprint density at radius 3 is 2.45 bits per heavy atom. The molecule has 0 bridgehead atoms. The van der Waals surface area contributed by atoms with Gasteiger partial charge in [0.15, 0.2) is 5.78 Å². The molecule has 0 spiro atoms. The molecule has 1 aliphatic rings. The van der Waals surface area contributed by atoms with Gasteiger partial charge < -0.3 is 4.90 Å². The molecule has 33 heavy (non-hydrogen) atoms. The van der Waals surface area contributed by atoms with Crippen LogP contribution in [0, 0.1) is 11.8 Å². The van der Waals surface area contributed by atoms with Crippen molar-refractivity contribution in [2.75, 3.05) is 26.3 Å². The highest BCUT2D eigenvalue weighted by molar-refractivity contribution is 6.03. The summed E-state index contributed by atoms with van der Waals surface area (Å²) in [7, 11) is 0. The van der Waals surface area contributed by atoms with Gasteiger partial charge in [0.25, 0.3) is 0 Å². The topological polar surface area (TPSA) is 20.3 Å². The number of fused-ring (bicyclic) bond motifs is 1. The summed E-state index contributed by atoms with van der Waals surface area (Å²) in [6, 6.07) is 16.3. The van der Waals surface area contributed by atoms with Gasteiger partial charge in [-0.25, -0.2) is 4.39 Å². The van der Waals surface area contributed by atoms with Crippen LogP contribution in [0.25, 0.3) is 21.9 Å². The standard InChI is InChI=1S/C27H27F4NO/c1-18(22-16-32(17-22)14-13-28)5-12-26(33)21-8-11-25-20(15-21)3-2-4-24(25)19-6-9-23(10-7-19)27(29,30)31/h2-4,6-11,15,18,22H,5,12-14,16-17H2,1H3/t18-/m0/s1. The maximum atomic E-state index is 12.9. The summed E-state index contributed by atoms with van der Waals surface area (Å²) in [5, 5.41) is 1.77. The van der Waals surface area contributed by atoms with E-state index in [1.807, 2.05) is 30.3 Å². The van der Waals surface area contributed by atoms with Crippen molar-refractivity contribution in [2.45, 2.75) is 25.9 Å². The van der Waals surface area contributed by atoms with Crippen molar-refractivity contribution in [1.29, 1.82) is 0 Å². The van der Waals surface area contributed by atoms with Gasteiger partial charge in [-0.05, 0) is 58.4 Å². The second-order valence-electron chi connectivity index (χ2n) is 8.96. The molecule has 0 radical (unpaired) electrons. The third kappa shape index (κ3) is 5.27. The van der Waals surface area contributed by atoms with Crippen LogP contribution in [0.4, 0.5) is 17.6 Å². The van der Waals surface area contributed by atoms with Gasteiger partial charge in [-0.1, -0.05) is 49.4 Å². The average molecular weight is 458 g/mol. The first kappa shape index (κ1) is 23.4. The SMILES string of the molecule is C[C@@H](CCC(=O)c1ccc2c(-c3ccc(C(F)(F)F)cc3)cccc2c1)C1CN(CCF)C1. The van der Waals surface area contributed by atoms with E-state index in [1.54, 1.807) is 6.07 Å². The Morgan fingerprint density at radius 2 is 1.79 bits per heavy atom. The zero-order valence-electron chi connectivity index (χ0n) is 18.5. The van der Waals surface area contributed by atoms with Gasteiger partial charge in [0, 0.05) is 31.6 Å². The van der Waals surface area contributed by atoms with E-state index in [1.165, 1.54) is 12.1 Å². The van der Waals surface area contributed by atoms with Crippen LogP contribution in [0.5, 0.6) is 0 Å². The summed E-state index contributed by atoms with van der Waals surface area (Å²) in [5.41, 5.74) is 1.50. The van der Waals surface area contributed by atoms with E-state index in [0.717, 1.165) is 48.0 Å². The zero-order chi connectivity index (χ0) is 23.6. The molecule has 0 amide bonds. The fourth-order valence-electron chi connectivity index (χ4n) is 4.56. The molecule has 4 rings (SSSR count). The molecule has 1 atom stereocenters. The van der Waals surface area contributed by atoms with E-state index in [-0.39, 0.29) is 12.5 Å². The minimum absolute atomic E-state index is 0.0867. The van der Waals surface area contributed by atoms with Crippen LogP contribution >= 0.6 is 0 Å². The first-order valence-electron chi connectivity index (χ1n) is 11.3. The molecule has 174 valence electrons. The molecule has 0 aliphatic carbocycles. The largest absolute Gasteiger partial charge is 0.416 e. The predicted octanol–water partition coefficient (Wildman–Crippen LogP) is 7.03. The van der Waals surface area contributed by atoms with Gasteiger partial charge in [0.05, 0.1) is 5.56 Å². The van der Waals surface area contributed by atoms with Crippen LogP contribution in [0.3, 0.4) is 0 Å². The molecule has 0 unspecified atom stereocenters. The first-order valence-corrected chi connectivity index (χ1v) is 11.3. The molecule has 6 heteroatoms. The fourth-order valence-corrected chi connectivity index (χ4v) is 4.56. The lowest BCUT2D eigenvalue weighted by Crippen LogP contribution is -2.50. The Hall–Kier alpha value is -2.73. The number of ketones is 1. The zero-order valence-corrected chi connectivity index (χ0v) is 18.5. The number of hydrogen-bond donors (Lipinski definition) is 0. The molecule has 3 aromatic carbocycles. The monoisotopic (exact) mass is 457 g/mol. The van der Waals surface area contributed by atoms with E-state index < -0.39 is 11.7 Å². The van der Waals surface area contributed by atoms with Crippen molar-refractivity contribution in [1.82, 2.24) is 4.90 Å². The Bertz CT molecular complexity index is 1120. The van der Waals surface area contributed by atoms with E-state index >= 15 is 0 Å². The minimum atomic E-state index is -4.36. The van der Waals surface area contributed by atoms with Crippen LogP contribution in [-0.2, 0) is 6.18 Å². The number of carbonyl (C=O) groups is 1. The molecule has 1 aliphatic heterocycles. The average Bonchev–Trinajstić information content (AvgIpc) is 2.78. The summed E-state index contributed by atoms with van der Waals surface area (Å²) >= 11 is 0. The molecule has 1 saturated heterocycles. The number of benzene rings is 3. The third-order valence-electron chi connectivity index (χ3n) is 6.74. The van der Waals surface area contributed by atoms with Gasteiger partial charge in [-0.2, -0.15) is 13.2 Å². The third-order valence-corrected chi connectivity index (χ3v) is 6.74. The summed E-state index contributed by atoms with van der Waals surface area (Å²) in [5.74, 6) is 1.02. The fraction of sp³-hybridized carbons (Fsp3) is 0.370. The summed E-state index contributed by atoms with van der Waals surface area (Å²) < 4.78 is 51.0. The number of rotatable bonds is 8. The Morgan fingerprint density at radius 1 is 1.06 bits per heavy atom. The lowest BCUT2D eigenvalue weighted by molar-refractivity contribution is -0.137. The van der Waals surface area contributed by atoms with Gasteiger partial charge in [-0.3, -0.25) is 4.79 Å². The highest BCUT2D eigenvalue weighted by Gasteiger charge is 2.31. The molecular weight excluding hydrogens is 430 g/mol. The van der Waals surface area contributed by atoms with E-state index in [9.17, 15) is 22.4 Å². The molecule has 3 aromatic rings. The van der Waals surface area contributed by atoms with E-state index in [4.69, 9.17) is 0 Å². The highest BCUT2D eigenvalue weighted by atomic mass is 19.4. The van der Waals surface area contributed by atoms with Crippen molar-refractivity contribution in [3.63, 3.8) is 0 Å². The molecule has 0 N–H and O–H groups in total. The number of halogens is 4. The summed E-state index contributed by atoms with van der Waals surface area (Å²) in [6.45, 7) is 4.14. The summed E-state index contributed by atoms with van der Waals surface area (Å²) in [6.07, 6.45) is -3.10. The maximum absolute atomic E-state index is 12.9. The van der Waals surface area contributed by atoms with Gasteiger partial charge in [0.1, 0.15) is 6.67 Å². The molecule has 1 fully saturated rings. The number of carbonyl (C=O) groups excluding carboxylic acids is 1. The molecule has 2 nitrogen and oxygen atoms in total. The molecule has 1 heterocycles. The van der Waals surface area contributed by atoms with Crippen molar-refractivity contribution in [3.05, 3.63) is 71.8 Å². The van der Waals surface area contributed by atoms with Crippen LogP contribution in [-0.4, -0.2) is 37.0 Å². The molecular formula is C27H27F4NO. The second-order valence-corrected chi connectivity index (χ2v) is 8.96. The smallest absolute Gasteiger partial charge is 0.300 e. The van der Waals surface area contributed by atoms with E-state index in [0.29, 0.717) is 35.9 Å². The number of hydrogen-bond acceptors (Lipinski definition) is 2. The Labute approximate surface area is 191 Å². The van der Waals surface area contributed by atoms with Crippen LogP contribution in [0.1, 0.15) is 35.7 Å². The molecule has 0 saturated carbocycles. The number of likely N-dealkylation sites (tertiary alicyclic amines) is 1.